The standard InChI is InChI=1S/C15H16N2O3S/c1-10(7-12-3-2-6-21-12)9-17-14(18)13-8-11(15(19)20)4-5-16-13/h2-6,8,10H,7,9H2,1H3,(H,17,18)(H,19,20). The molecule has 0 aromatic carbocycles. The third-order valence-electron chi connectivity index (χ3n) is 2.98. The highest BCUT2D eigenvalue weighted by molar-refractivity contribution is 7.09. The van der Waals surface area contributed by atoms with E-state index in [0.29, 0.717) is 12.5 Å². The molecule has 1 amide bonds. The van der Waals surface area contributed by atoms with Crippen LogP contribution in [0.4, 0.5) is 0 Å². The molecule has 6 heteroatoms. The van der Waals surface area contributed by atoms with Gasteiger partial charge < -0.3 is 10.4 Å². The molecular formula is C15H16N2O3S. The Morgan fingerprint density at radius 1 is 1.43 bits per heavy atom. The fourth-order valence-corrected chi connectivity index (χ4v) is 2.76. The van der Waals surface area contributed by atoms with Crippen molar-refractivity contribution in [2.24, 2.45) is 5.92 Å². The van der Waals surface area contributed by atoms with Crippen LogP contribution < -0.4 is 5.32 Å². The predicted molar refractivity (Wildman–Crippen MR) is 80.7 cm³/mol. The van der Waals surface area contributed by atoms with Crippen molar-refractivity contribution in [1.29, 1.82) is 0 Å². The molecule has 2 aromatic heterocycles. The number of nitrogens with one attached hydrogen (secondary N) is 1. The Bertz CT molecular complexity index is 626. The van der Waals surface area contributed by atoms with Crippen LogP contribution in [-0.2, 0) is 6.42 Å². The second kappa shape index (κ2) is 6.99. The first-order valence-corrected chi connectivity index (χ1v) is 7.44. The van der Waals surface area contributed by atoms with Crippen LogP contribution in [0.1, 0.15) is 32.6 Å². The maximum atomic E-state index is 12.0. The van der Waals surface area contributed by atoms with Gasteiger partial charge in [-0.1, -0.05) is 13.0 Å². The van der Waals surface area contributed by atoms with Crippen LogP contribution in [0.15, 0.2) is 35.8 Å². The van der Waals surface area contributed by atoms with Gasteiger partial charge in [-0.15, -0.1) is 11.3 Å². The smallest absolute Gasteiger partial charge is 0.335 e. The Morgan fingerprint density at radius 3 is 2.90 bits per heavy atom. The van der Waals surface area contributed by atoms with Crippen molar-refractivity contribution in [2.75, 3.05) is 6.54 Å². The number of thiophene rings is 1. The number of carbonyl (C=O) groups is 2. The Hall–Kier alpha value is -2.21. The first kappa shape index (κ1) is 15.2. The molecule has 0 aliphatic carbocycles. The molecule has 0 spiro atoms. The minimum absolute atomic E-state index is 0.0572. The Balaban J connectivity index is 1.89. The highest BCUT2D eigenvalue weighted by atomic mass is 32.1. The molecule has 0 aliphatic rings. The van der Waals surface area contributed by atoms with E-state index in [4.69, 9.17) is 5.11 Å². The monoisotopic (exact) mass is 304 g/mol. The van der Waals surface area contributed by atoms with Crippen LogP contribution in [-0.4, -0.2) is 28.5 Å². The quantitative estimate of drug-likeness (QED) is 0.859. The SMILES string of the molecule is CC(CNC(=O)c1cc(C(=O)O)ccn1)Cc1cccs1. The molecule has 0 bridgehead atoms. The summed E-state index contributed by atoms with van der Waals surface area (Å²) in [6.45, 7) is 2.58. The van der Waals surface area contributed by atoms with Gasteiger partial charge >= 0.3 is 5.97 Å². The van der Waals surface area contributed by atoms with E-state index in [0.717, 1.165) is 6.42 Å². The Kier molecular flexibility index (Phi) is 5.05. The summed E-state index contributed by atoms with van der Waals surface area (Å²) in [5.41, 5.74) is 0.181. The van der Waals surface area contributed by atoms with Crippen molar-refractivity contribution in [3.05, 3.63) is 52.0 Å². The van der Waals surface area contributed by atoms with Crippen LogP contribution in [0.5, 0.6) is 0 Å². The number of aromatic nitrogens is 1. The first-order chi connectivity index (χ1) is 10.1. The second-order valence-electron chi connectivity index (χ2n) is 4.83. The van der Waals surface area contributed by atoms with Crippen molar-refractivity contribution < 1.29 is 14.7 Å². The lowest BCUT2D eigenvalue weighted by molar-refractivity contribution is 0.0696. The fraction of sp³-hybridized carbons (Fsp3) is 0.267. The summed E-state index contributed by atoms with van der Waals surface area (Å²) in [7, 11) is 0. The van der Waals surface area contributed by atoms with Gasteiger partial charge in [0.05, 0.1) is 5.56 Å². The average molecular weight is 304 g/mol. The summed E-state index contributed by atoms with van der Waals surface area (Å²) < 4.78 is 0. The molecule has 1 unspecified atom stereocenters. The molecule has 2 aromatic rings. The van der Waals surface area contributed by atoms with Crippen molar-refractivity contribution in [1.82, 2.24) is 10.3 Å². The second-order valence-corrected chi connectivity index (χ2v) is 5.87. The van der Waals surface area contributed by atoms with Crippen LogP contribution in [0.2, 0.25) is 0 Å². The zero-order valence-electron chi connectivity index (χ0n) is 11.6. The van der Waals surface area contributed by atoms with Gasteiger partial charge in [0.25, 0.3) is 5.91 Å². The number of aromatic carboxylic acids is 1. The van der Waals surface area contributed by atoms with Gasteiger partial charge in [-0.05, 0) is 35.9 Å². The van der Waals surface area contributed by atoms with Crippen molar-refractivity contribution in [2.45, 2.75) is 13.3 Å². The molecular weight excluding hydrogens is 288 g/mol. The minimum atomic E-state index is -1.07. The Morgan fingerprint density at radius 2 is 2.24 bits per heavy atom. The minimum Gasteiger partial charge on any atom is -0.478 e. The lowest BCUT2D eigenvalue weighted by Crippen LogP contribution is -2.29. The molecule has 21 heavy (non-hydrogen) atoms. The van der Waals surface area contributed by atoms with Crippen LogP contribution in [0, 0.1) is 5.92 Å². The number of hydrogen-bond acceptors (Lipinski definition) is 4. The van der Waals surface area contributed by atoms with E-state index in [1.54, 1.807) is 11.3 Å². The van der Waals surface area contributed by atoms with E-state index in [2.05, 4.69) is 23.3 Å². The molecule has 0 saturated carbocycles. The Labute approximate surface area is 126 Å². The van der Waals surface area contributed by atoms with Gasteiger partial charge in [0.15, 0.2) is 0 Å². The molecule has 2 heterocycles. The van der Waals surface area contributed by atoms with Gasteiger partial charge in [0, 0.05) is 17.6 Å². The highest BCUT2D eigenvalue weighted by Gasteiger charge is 2.12. The lowest BCUT2D eigenvalue weighted by Gasteiger charge is -2.11. The topological polar surface area (TPSA) is 79.3 Å². The van der Waals surface area contributed by atoms with Gasteiger partial charge in [-0.25, -0.2) is 4.79 Å². The number of pyridine rings is 1. The van der Waals surface area contributed by atoms with E-state index in [1.165, 1.54) is 23.2 Å². The largest absolute Gasteiger partial charge is 0.478 e. The van der Waals surface area contributed by atoms with Crippen LogP contribution in [0.25, 0.3) is 0 Å². The van der Waals surface area contributed by atoms with Crippen molar-refractivity contribution >= 4 is 23.2 Å². The predicted octanol–water partition coefficient (Wildman–Crippen LogP) is 2.45. The van der Waals surface area contributed by atoms with Crippen LogP contribution >= 0.6 is 11.3 Å². The number of carbonyl (C=O) groups excluding carboxylic acids is 1. The van der Waals surface area contributed by atoms with Gasteiger partial charge in [-0.2, -0.15) is 0 Å². The molecule has 1 atom stereocenters. The summed E-state index contributed by atoms with van der Waals surface area (Å²) in [6.07, 6.45) is 2.23. The van der Waals surface area contributed by atoms with E-state index < -0.39 is 5.97 Å². The van der Waals surface area contributed by atoms with Gasteiger partial charge in [0.1, 0.15) is 5.69 Å². The van der Waals surface area contributed by atoms with Gasteiger partial charge in [-0.3, -0.25) is 9.78 Å². The van der Waals surface area contributed by atoms with Crippen LogP contribution in [0.3, 0.4) is 0 Å². The molecule has 2 N–H and O–H groups in total. The number of amides is 1. The summed E-state index contributed by atoms with van der Waals surface area (Å²) in [4.78, 5) is 28.0. The molecule has 2 rings (SSSR count). The molecule has 0 saturated heterocycles. The summed E-state index contributed by atoms with van der Waals surface area (Å²) in [6, 6.07) is 6.72. The average Bonchev–Trinajstić information content (AvgIpc) is 2.97. The third-order valence-corrected chi connectivity index (χ3v) is 3.88. The zero-order valence-corrected chi connectivity index (χ0v) is 12.4. The van der Waals surface area contributed by atoms with Gasteiger partial charge in [0.2, 0.25) is 0 Å². The highest BCUT2D eigenvalue weighted by Crippen LogP contribution is 2.13. The van der Waals surface area contributed by atoms with Crippen molar-refractivity contribution in [3.63, 3.8) is 0 Å². The number of carboxylic acid groups (broad SMARTS) is 1. The number of rotatable bonds is 6. The van der Waals surface area contributed by atoms with Crippen molar-refractivity contribution in [3.8, 4) is 0 Å². The number of carboxylic acids is 1. The summed E-state index contributed by atoms with van der Waals surface area (Å²) in [5, 5.41) is 13.7. The molecule has 0 aliphatic heterocycles. The summed E-state index contributed by atoms with van der Waals surface area (Å²) in [5.74, 6) is -1.12. The maximum absolute atomic E-state index is 12.0. The van der Waals surface area contributed by atoms with E-state index in [-0.39, 0.29) is 17.2 Å². The third kappa shape index (κ3) is 4.39. The number of hydrogen-bond donors (Lipinski definition) is 2. The van der Waals surface area contributed by atoms with E-state index in [1.807, 2.05) is 11.4 Å². The molecule has 0 radical (unpaired) electrons. The first-order valence-electron chi connectivity index (χ1n) is 6.56. The van der Waals surface area contributed by atoms with E-state index >= 15 is 0 Å². The molecule has 110 valence electrons. The maximum Gasteiger partial charge on any atom is 0.335 e. The fourth-order valence-electron chi connectivity index (χ4n) is 1.89. The van der Waals surface area contributed by atoms with E-state index in [9.17, 15) is 9.59 Å². The number of nitrogens with zero attached hydrogens (tertiary/aromatic N) is 1. The molecule has 5 nitrogen and oxygen atoms in total. The molecule has 0 fully saturated rings. The summed E-state index contributed by atoms with van der Waals surface area (Å²) >= 11 is 1.70. The lowest BCUT2D eigenvalue weighted by atomic mass is 10.1. The normalized spacial score (nSPS) is 11.9. The zero-order chi connectivity index (χ0) is 15.2.